The van der Waals surface area contributed by atoms with E-state index in [1.807, 2.05) is 12.1 Å². The lowest BCUT2D eigenvalue weighted by Gasteiger charge is -2.16. The summed E-state index contributed by atoms with van der Waals surface area (Å²) in [5.41, 5.74) is 2.18. The quantitative estimate of drug-likeness (QED) is 0.248. The molecule has 0 aromatic heterocycles. The molecule has 0 atom stereocenters. The van der Waals surface area contributed by atoms with Crippen molar-refractivity contribution >= 4 is 42.4 Å². The number of rotatable bonds is 6. The Balaban J connectivity index is 1.84. The third kappa shape index (κ3) is 5.08. The lowest BCUT2D eigenvalue weighted by atomic mass is 9.95. The van der Waals surface area contributed by atoms with E-state index in [2.05, 4.69) is 10.2 Å². The van der Waals surface area contributed by atoms with Gasteiger partial charge in [-0.3, -0.25) is 9.11 Å². The maximum absolute atomic E-state index is 12.2. The predicted octanol–water partition coefficient (Wildman–Crippen LogP) is 5.73. The molecule has 0 spiro atoms. The fourth-order valence-corrected chi connectivity index (χ4v) is 4.89. The summed E-state index contributed by atoms with van der Waals surface area (Å²) < 4.78 is 71.3. The Kier molecular flexibility index (Phi) is 6.43. The molecule has 0 radical (unpaired) electrons. The Morgan fingerprint density at radius 1 is 0.800 bits per heavy atom. The van der Waals surface area contributed by atoms with Gasteiger partial charge in [0.15, 0.2) is 0 Å². The van der Waals surface area contributed by atoms with Crippen LogP contribution in [0.3, 0.4) is 0 Å². The minimum Gasteiger partial charge on any atom is -0.496 e. The predicted molar refractivity (Wildman–Crippen MR) is 131 cm³/mol. The zero-order chi connectivity index (χ0) is 25.4. The molecule has 0 amide bonds. The van der Waals surface area contributed by atoms with Crippen molar-refractivity contribution in [1.29, 1.82) is 0 Å². The average molecular weight is 513 g/mol. The van der Waals surface area contributed by atoms with E-state index in [0.29, 0.717) is 39.2 Å². The van der Waals surface area contributed by atoms with Gasteiger partial charge in [0.05, 0.1) is 23.4 Å². The molecular formula is C24H20N2O7S2. The Labute approximate surface area is 202 Å². The second kappa shape index (κ2) is 9.19. The summed E-state index contributed by atoms with van der Waals surface area (Å²) in [6, 6.07) is 18.7. The number of nitrogens with zero attached hydrogens (tertiary/aromatic N) is 2. The maximum atomic E-state index is 12.2. The van der Waals surface area contributed by atoms with Gasteiger partial charge in [0.25, 0.3) is 20.2 Å². The van der Waals surface area contributed by atoms with Crippen LogP contribution in [0.2, 0.25) is 0 Å². The molecule has 0 heterocycles. The van der Waals surface area contributed by atoms with Crippen molar-refractivity contribution in [2.45, 2.75) is 16.7 Å². The normalized spacial score (nSPS) is 12.3. The van der Waals surface area contributed by atoms with Gasteiger partial charge < -0.3 is 4.74 Å². The largest absolute Gasteiger partial charge is 0.496 e. The van der Waals surface area contributed by atoms with E-state index in [4.69, 9.17) is 9.29 Å². The van der Waals surface area contributed by atoms with Crippen molar-refractivity contribution in [2.75, 3.05) is 7.11 Å². The van der Waals surface area contributed by atoms with Crippen LogP contribution in [0.1, 0.15) is 5.56 Å². The molecule has 0 saturated heterocycles. The topological polar surface area (TPSA) is 143 Å². The third-order valence-electron chi connectivity index (χ3n) is 5.36. The molecule has 0 fully saturated rings. The van der Waals surface area contributed by atoms with Crippen LogP contribution >= 0.6 is 0 Å². The summed E-state index contributed by atoms with van der Waals surface area (Å²) in [5, 5.41) is 9.72. The minimum absolute atomic E-state index is 0.248. The number of fused-ring (bicyclic) bond motifs is 1. The van der Waals surface area contributed by atoms with E-state index in [0.717, 1.165) is 5.39 Å². The molecule has 0 saturated carbocycles. The van der Waals surface area contributed by atoms with Crippen LogP contribution in [-0.4, -0.2) is 33.1 Å². The molecule has 35 heavy (non-hydrogen) atoms. The van der Waals surface area contributed by atoms with Crippen molar-refractivity contribution in [3.05, 3.63) is 78.4 Å². The molecule has 0 unspecified atom stereocenters. The Bertz CT molecular complexity index is 1680. The van der Waals surface area contributed by atoms with Crippen LogP contribution in [0.4, 0.5) is 11.4 Å². The summed E-state index contributed by atoms with van der Waals surface area (Å²) in [5.74, 6) is 0.313. The Morgan fingerprint density at radius 3 is 2.11 bits per heavy atom. The van der Waals surface area contributed by atoms with Gasteiger partial charge in [-0.15, -0.1) is 0 Å². The smallest absolute Gasteiger partial charge is 0.295 e. The molecule has 0 aliphatic heterocycles. The molecule has 180 valence electrons. The molecule has 0 aliphatic rings. The highest BCUT2D eigenvalue weighted by Crippen LogP contribution is 2.42. The number of azo groups is 1. The highest BCUT2D eigenvalue weighted by molar-refractivity contribution is 7.86. The third-order valence-corrected chi connectivity index (χ3v) is 7.13. The van der Waals surface area contributed by atoms with Gasteiger partial charge >= 0.3 is 0 Å². The molecular weight excluding hydrogens is 492 g/mol. The van der Waals surface area contributed by atoms with Crippen molar-refractivity contribution in [2.24, 2.45) is 10.2 Å². The second-order valence-corrected chi connectivity index (χ2v) is 10.5. The monoisotopic (exact) mass is 512 g/mol. The van der Waals surface area contributed by atoms with Gasteiger partial charge in [0, 0.05) is 17.2 Å². The molecule has 2 N–H and O–H groups in total. The summed E-state index contributed by atoms with van der Waals surface area (Å²) in [7, 11) is -7.42. The number of hydrogen-bond donors (Lipinski definition) is 2. The van der Waals surface area contributed by atoms with Crippen molar-refractivity contribution in [3.8, 4) is 16.9 Å². The highest BCUT2D eigenvalue weighted by atomic mass is 32.2. The lowest BCUT2D eigenvalue weighted by Crippen LogP contribution is -2.02. The zero-order valence-corrected chi connectivity index (χ0v) is 20.2. The number of hydrogen-bond acceptors (Lipinski definition) is 7. The molecule has 0 bridgehead atoms. The van der Waals surface area contributed by atoms with Gasteiger partial charge in [-0.2, -0.15) is 27.1 Å². The summed E-state index contributed by atoms with van der Waals surface area (Å²) in [6.07, 6.45) is 0. The Morgan fingerprint density at radius 2 is 1.49 bits per heavy atom. The fraction of sp³-hybridized carbons (Fsp3) is 0.0833. The standard InChI is InChI=1S/C24H20N2O7S2/c1-15-13-20(24-19-6-4-3-5-16(19)7-12-23(24)35(30,31)32)22(33-2)14-21(15)26-25-17-8-10-18(11-9-17)34(27,28)29/h3-14H,1-2H3,(H,27,28,29)(H,30,31,32). The van der Waals surface area contributed by atoms with Crippen molar-refractivity contribution in [1.82, 2.24) is 0 Å². The van der Waals surface area contributed by atoms with Gasteiger partial charge in [-0.1, -0.05) is 30.3 Å². The molecule has 0 aliphatic carbocycles. The number of methoxy groups -OCH3 is 1. The maximum Gasteiger partial charge on any atom is 0.295 e. The van der Waals surface area contributed by atoms with Crippen LogP contribution in [0.5, 0.6) is 5.75 Å². The lowest BCUT2D eigenvalue weighted by molar-refractivity contribution is 0.416. The molecule has 4 aromatic rings. The number of benzene rings is 4. The van der Waals surface area contributed by atoms with E-state index in [1.165, 1.54) is 37.4 Å². The first-order valence-corrected chi connectivity index (χ1v) is 13.0. The minimum atomic E-state index is -4.54. The molecule has 11 heteroatoms. The van der Waals surface area contributed by atoms with Crippen LogP contribution in [0.15, 0.2) is 92.8 Å². The zero-order valence-electron chi connectivity index (χ0n) is 18.6. The summed E-state index contributed by atoms with van der Waals surface area (Å²) in [6.45, 7) is 1.76. The van der Waals surface area contributed by atoms with Crippen molar-refractivity contribution in [3.63, 3.8) is 0 Å². The summed E-state index contributed by atoms with van der Waals surface area (Å²) in [4.78, 5) is -0.509. The summed E-state index contributed by atoms with van der Waals surface area (Å²) >= 11 is 0. The second-order valence-electron chi connectivity index (χ2n) is 7.64. The van der Waals surface area contributed by atoms with Crippen LogP contribution in [0.25, 0.3) is 21.9 Å². The van der Waals surface area contributed by atoms with Gasteiger partial charge in [0.2, 0.25) is 0 Å². The van der Waals surface area contributed by atoms with E-state index >= 15 is 0 Å². The van der Waals surface area contributed by atoms with Gasteiger partial charge in [-0.05, 0) is 59.7 Å². The number of ether oxygens (including phenoxy) is 1. The first-order valence-electron chi connectivity index (χ1n) is 10.2. The average Bonchev–Trinajstić information content (AvgIpc) is 2.81. The van der Waals surface area contributed by atoms with E-state index in [-0.39, 0.29) is 9.79 Å². The number of aryl methyl sites for hydroxylation is 1. The molecule has 4 aromatic carbocycles. The van der Waals surface area contributed by atoms with Crippen LogP contribution in [0, 0.1) is 6.92 Å². The van der Waals surface area contributed by atoms with E-state index in [9.17, 15) is 21.4 Å². The fourth-order valence-electron chi connectivity index (χ4n) is 3.69. The first kappa shape index (κ1) is 24.5. The molecule has 4 rings (SSSR count). The van der Waals surface area contributed by atoms with Gasteiger partial charge in [-0.25, -0.2) is 0 Å². The molecule has 9 nitrogen and oxygen atoms in total. The first-order chi connectivity index (χ1) is 16.5. The Hall–Kier alpha value is -3.64. The van der Waals surface area contributed by atoms with Crippen LogP contribution in [-0.2, 0) is 20.2 Å². The van der Waals surface area contributed by atoms with E-state index < -0.39 is 20.2 Å². The van der Waals surface area contributed by atoms with E-state index in [1.54, 1.807) is 37.3 Å². The highest BCUT2D eigenvalue weighted by Gasteiger charge is 2.22. The van der Waals surface area contributed by atoms with Crippen LogP contribution < -0.4 is 4.74 Å². The van der Waals surface area contributed by atoms with Crippen molar-refractivity contribution < 1.29 is 30.7 Å². The SMILES string of the molecule is COc1cc(N=Nc2ccc(S(=O)(=O)O)cc2)c(C)cc1-c1c(S(=O)(=O)O)ccc2ccccc12. The van der Waals surface area contributed by atoms with Gasteiger partial charge in [0.1, 0.15) is 10.6 Å².